The van der Waals surface area contributed by atoms with Crippen LogP contribution in [0, 0.1) is 13.8 Å². The Morgan fingerprint density at radius 1 is 1.29 bits per heavy atom. The van der Waals surface area contributed by atoms with E-state index in [2.05, 4.69) is 20.4 Å². The summed E-state index contributed by atoms with van der Waals surface area (Å²) in [5.41, 5.74) is 10.7. The fourth-order valence-electron chi connectivity index (χ4n) is 3.31. The smallest absolute Gasteiger partial charge is 0.212 e. The predicted molar refractivity (Wildman–Crippen MR) is 91.9 cm³/mol. The molecule has 4 rings (SSSR count). The number of hydrogen-bond donors (Lipinski definition) is 3. The third-order valence-electron chi connectivity index (χ3n) is 4.35. The maximum Gasteiger partial charge on any atom is 0.212 e. The molecule has 0 saturated heterocycles. The van der Waals surface area contributed by atoms with Gasteiger partial charge in [0, 0.05) is 11.3 Å². The molecule has 3 heterocycles. The molecule has 124 valence electrons. The Morgan fingerprint density at radius 2 is 2.08 bits per heavy atom. The van der Waals surface area contributed by atoms with E-state index in [1.807, 2.05) is 42.7 Å². The van der Waals surface area contributed by atoms with Crippen LogP contribution in [-0.2, 0) is 6.54 Å². The number of aliphatic imine (C=N–C) groups is 1. The van der Waals surface area contributed by atoms with Crippen LogP contribution < -0.4 is 11.1 Å². The Bertz CT molecular complexity index is 953. The topological polar surface area (TPSA) is 106 Å². The average molecular weight is 325 g/mol. The van der Waals surface area contributed by atoms with E-state index in [-0.39, 0.29) is 12.8 Å². The van der Waals surface area contributed by atoms with Crippen molar-refractivity contribution in [1.82, 2.24) is 19.3 Å². The van der Waals surface area contributed by atoms with E-state index in [1.165, 1.54) is 0 Å². The van der Waals surface area contributed by atoms with E-state index in [0.717, 1.165) is 28.0 Å². The number of aliphatic hydroxyl groups is 1. The number of imidazole rings is 1. The number of nitrogens with two attached hydrogens (primary N) is 1. The Morgan fingerprint density at radius 3 is 2.88 bits per heavy atom. The van der Waals surface area contributed by atoms with Crippen LogP contribution in [0.4, 0.5) is 5.95 Å². The molecule has 1 aliphatic rings. The third kappa shape index (κ3) is 2.07. The summed E-state index contributed by atoms with van der Waals surface area (Å²) >= 11 is 0. The Balaban J connectivity index is 1.95. The number of benzene rings is 1. The zero-order valence-electron chi connectivity index (χ0n) is 13.6. The van der Waals surface area contributed by atoms with E-state index < -0.39 is 0 Å². The SMILES string of the molecule is Cc1nn(CCO)c(C)c1[C@@H]1N=C(N)Nc2nc3ccccc3n21. The number of aromatic nitrogens is 4. The minimum atomic E-state index is -0.332. The monoisotopic (exact) mass is 325 g/mol. The van der Waals surface area contributed by atoms with Gasteiger partial charge in [-0.2, -0.15) is 5.10 Å². The second kappa shape index (κ2) is 5.34. The second-order valence-electron chi connectivity index (χ2n) is 5.84. The molecule has 0 amide bonds. The van der Waals surface area contributed by atoms with Crippen molar-refractivity contribution in [2.24, 2.45) is 10.7 Å². The lowest BCUT2D eigenvalue weighted by Crippen LogP contribution is -2.31. The van der Waals surface area contributed by atoms with Gasteiger partial charge in [-0.25, -0.2) is 9.98 Å². The Hall–Kier alpha value is -2.87. The molecule has 8 nitrogen and oxygen atoms in total. The van der Waals surface area contributed by atoms with Gasteiger partial charge in [-0.1, -0.05) is 12.1 Å². The van der Waals surface area contributed by atoms with Gasteiger partial charge < -0.3 is 10.8 Å². The van der Waals surface area contributed by atoms with E-state index >= 15 is 0 Å². The van der Waals surface area contributed by atoms with Gasteiger partial charge in [0.2, 0.25) is 5.95 Å². The summed E-state index contributed by atoms with van der Waals surface area (Å²) in [4.78, 5) is 9.21. The van der Waals surface area contributed by atoms with Crippen molar-refractivity contribution in [3.8, 4) is 0 Å². The normalized spacial score (nSPS) is 16.8. The quantitative estimate of drug-likeness (QED) is 0.669. The van der Waals surface area contributed by atoms with Gasteiger partial charge in [0.15, 0.2) is 12.1 Å². The van der Waals surface area contributed by atoms with Crippen LogP contribution in [0.2, 0.25) is 0 Å². The number of hydrogen-bond acceptors (Lipinski definition) is 6. The molecule has 8 heteroatoms. The van der Waals surface area contributed by atoms with Crippen LogP contribution in [0.25, 0.3) is 11.0 Å². The molecular weight excluding hydrogens is 306 g/mol. The third-order valence-corrected chi connectivity index (χ3v) is 4.35. The highest BCUT2D eigenvalue weighted by Crippen LogP contribution is 2.34. The molecule has 0 aliphatic carbocycles. The number of fused-ring (bicyclic) bond motifs is 3. The average Bonchev–Trinajstić information content (AvgIpc) is 3.04. The summed E-state index contributed by atoms with van der Waals surface area (Å²) in [6, 6.07) is 7.91. The zero-order chi connectivity index (χ0) is 16.8. The van der Waals surface area contributed by atoms with Gasteiger partial charge in [0.1, 0.15) is 0 Å². The molecule has 0 fully saturated rings. The van der Waals surface area contributed by atoms with Gasteiger partial charge in [-0.05, 0) is 26.0 Å². The minimum absolute atomic E-state index is 0.0400. The zero-order valence-corrected chi connectivity index (χ0v) is 13.6. The lowest BCUT2D eigenvalue weighted by atomic mass is 10.1. The van der Waals surface area contributed by atoms with Gasteiger partial charge in [0.05, 0.1) is 29.9 Å². The first kappa shape index (κ1) is 14.7. The standard InChI is InChI=1S/C16H19N7O/c1-9-13(10(2)22(21-9)7-8-24)14-19-15(17)20-16-18-11-5-3-4-6-12(11)23(14)16/h3-6,14,24H,7-8H2,1-2H3,(H3,17,18,19,20)/t14-/m1/s1. The van der Waals surface area contributed by atoms with Gasteiger partial charge in [-0.3, -0.25) is 14.6 Å². The van der Waals surface area contributed by atoms with Gasteiger partial charge in [0.25, 0.3) is 0 Å². The van der Waals surface area contributed by atoms with Crippen molar-refractivity contribution < 1.29 is 5.11 Å². The first-order valence-corrected chi connectivity index (χ1v) is 7.82. The number of aliphatic hydroxyl groups excluding tert-OH is 1. The van der Waals surface area contributed by atoms with E-state index in [0.29, 0.717) is 18.5 Å². The molecule has 1 aromatic carbocycles. The van der Waals surface area contributed by atoms with Crippen molar-refractivity contribution in [3.63, 3.8) is 0 Å². The highest BCUT2D eigenvalue weighted by Gasteiger charge is 2.29. The highest BCUT2D eigenvalue weighted by atomic mass is 16.3. The summed E-state index contributed by atoms with van der Waals surface area (Å²) < 4.78 is 3.84. The molecule has 0 radical (unpaired) electrons. The fourth-order valence-corrected chi connectivity index (χ4v) is 3.31. The van der Waals surface area contributed by atoms with Gasteiger partial charge >= 0.3 is 0 Å². The molecule has 24 heavy (non-hydrogen) atoms. The molecule has 0 spiro atoms. The summed E-state index contributed by atoms with van der Waals surface area (Å²) in [7, 11) is 0. The maximum atomic E-state index is 9.23. The molecular formula is C16H19N7O. The molecule has 0 unspecified atom stereocenters. The van der Waals surface area contributed by atoms with Crippen molar-refractivity contribution in [3.05, 3.63) is 41.2 Å². The van der Waals surface area contributed by atoms with E-state index in [1.54, 1.807) is 4.68 Å². The largest absolute Gasteiger partial charge is 0.394 e. The Kier molecular flexibility index (Phi) is 3.27. The maximum absolute atomic E-state index is 9.23. The predicted octanol–water partition coefficient (Wildman–Crippen LogP) is 1.13. The lowest BCUT2D eigenvalue weighted by Gasteiger charge is -2.24. The fraction of sp³-hybridized carbons (Fsp3) is 0.312. The number of rotatable bonds is 3. The number of aryl methyl sites for hydroxylation is 1. The van der Waals surface area contributed by atoms with Crippen molar-refractivity contribution in [2.75, 3.05) is 11.9 Å². The first-order chi connectivity index (χ1) is 11.6. The lowest BCUT2D eigenvalue weighted by molar-refractivity contribution is 0.267. The van der Waals surface area contributed by atoms with Crippen LogP contribution in [0.5, 0.6) is 0 Å². The van der Waals surface area contributed by atoms with Crippen LogP contribution in [0.3, 0.4) is 0 Å². The molecule has 0 bridgehead atoms. The van der Waals surface area contributed by atoms with Crippen LogP contribution in [0.1, 0.15) is 23.1 Å². The summed E-state index contributed by atoms with van der Waals surface area (Å²) in [5, 5.41) is 16.8. The second-order valence-corrected chi connectivity index (χ2v) is 5.84. The molecule has 3 aromatic rings. The van der Waals surface area contributed by atoms with Crippen LogP contribution >= 0.6 is 0 Å². The van der Waals surface area contributed by atoms with Crippen LogP contribution in [-0.4, -0.2) is 37.0 Å². The molecule has 4 N–H and O–H groups in total. The summed E-state index contributed by atoms with van der Waals surface area (Å²) in [6.45, 7) is 4.42. The molecule has 2 aromatic heterocycles. The number of anilines is 1. The van der Waals surface area contributed by atoms with Crippen molar-refractivity contribution in [2.45, 2.75) is 26.6 Å². The number of guanidine groups is 1. The molecule has 0 saturated carbocycles. The van der Waals surface area contributed by atoms with E-state index in [9.17, 15) is 5.11 Å². The summed E-state index contributed by atoms with van der Waals surface area (Å²) in [5.74, 6) is 0.999. The first-order valence-electron chi connectivity index (χ1n) is 7.82. The van der Waals surface area contributed by atoms with Crippen molar-refractivity contribution in [1.29, 1.82) is 0 Å². The van der Waals surface area contributed by atoms with Gasteiger partial charge in [-0.15, -0.1) is 0 Å². The molecule has 1 atom stereocenters. The highest BCUT2D eigenvalue weighted by molar-refractivity contribution is 5.94. The minimum Gasteiger partial charge on any atom is -0.394 e. The summed E-state index contributed by atoms with van der Waals surface area (Å²) in [6.07, 6.45) is -0.332. The van der Waals surface area contributed by atoms with Crippen LogP contribution in [0.15, 0.2) is 29.3 Å². The number of nitrogens with one attached hydrogen (secondary N) is 1. The number of nitrogens with zero attached hydrogens (tertiary/aromatic N) is 5. The van der Waals surface area contributed by atoms with Crippen molar-refractivity contribution >= 4 is 22.9 Å². The Labute approximate surface area is 138 Å². The van der Waals surface area contributed by atoms with E-state index in [4.69, 9.17) is 5.73 Å². The molecule has 1 aliphatic heterocycles. The number of para-hydroxylation sites is 2.